The van der Waals surface area contributed by atoms with Gasteiger partial charge in [-0.1, -0.05) is 28.1 Å². The highest BCUT2D eigenvalue weighted by molar-refractivity contribution is 9.10. The van der Waals surface area contributed by atoms with Gasteiger partial charge in [-0.3, -0.25) is 9.59 Å². The molecular formula is C22H19BrN2O3S. The fraction of sp³-hybridized carbons (Fsp3) is 0.182. The van der Waals surface area contributed by atoms with Gasteiger partial charge in [-0.05, 0) is 61.6 Å². The first-order valence-corrected chi connectivity index (χ1v) is 10.9. The Hall–Kier alpha value is -2.64. The van der Waals surface area contributed by atoms with Crippen molar-refractivity contribution in [2.45, 2.75) is 25.7 Å². The van der Waals surface area contributed by atoms with Crippen molar-refractivity contribution in [1.29, 1.82) is 0 Å². The molecule has 5 nitrogen and oxygen atoms in total. The fourth-order valence-electron chi connectivity index (χ4n) is 3.44. The van der Waals surface area contributed by atoms with Gasteiger partial charge in [-0.15, -0.1) is 11.3 Å². The Morgan fingerprint density at radius 1 is 1.10 bits per heavy atom. The van der Waals surface area contributed by atoms with Crippen LogP contribution in [0.3, 0.4) is 0 Å². The van der Waals surface area contributed by atoms with Gasteiger partial charge in [0.05, 0.1) is 5.56 Å². The lowest BCUT2D eigenvalue weighted by molar-refractivity contribution is -0.111. The maximum absolute atomic E-state index is 12.4. The number of fused-ring (bicyclic) bond motifs is 1. The van der Waals surface area contributed by atoms with Gasteiger partial charge in [0, 0.05) is 21.0 Å². The van der Waals surface area contributed by atoms with E-state index in [1.54, 1.807) is 12.1 Å². The quantitative estimate of drug-likeness (QED) is 0.489. The summed E-state index contributed by atoms with van der Waals surface area (Å²) in [6.07, 6.45) is 6.90. The molecule has 1 aliphatic rings. The average molecular weight is 471 g/mol. The number of halogens is 1. The largest absolute Gasteiger partial charge is 0.457 e. The van der Waals surface area contributed by atoms with Gasteiger partial charge in [0.2, 0.25) is 5.91 Å². The molecule has 0 spiro atoms. The second-order valence-corrected chi connectivity index (χ2v) is 8.83. The van der Waals surface area contributed by atoms with Crippen LogP contribution in [0.5, 0.6) is 0 Å². The molecule has 0 saturated heterocycles. The maximum Gasteiger partial charge on any atom is 0.251 e. The van der Waals surface area contributed by atoms with Crippen molar-refractivity contribution in [3.05, 3.63) is 68.7 Å². The monoisotopic (exact) mass is 470 g/mol. The predicted octanol–water partition coefficient (Wildman–Crippen LogP) is 5.40. The zero-order chi connectivity index (χ0) is 20.4. The van der Waals surface area contributed by atoms with Crippen molar-refractivity contribution in [2.24, 2.45) is 5.73 Å². The number of nitrogens with one attached hydrogen (secondary N) is 1. The zero-order valence-corrected chi connectivity index (χ0v) is 17.9. The van der Waals surface area contributed by atoms with E-state index in [0.717, 1.165) is 51.9 Å². The summed E-state index contributed by atoms with van der Waals surface area (Å²) in [6.45, 7) is 0. The van der Waals surface area contributed by atoms with E-state index in [1.807, 2.05) is 30.3 Å². The summed E-state index contributed by atoms with van der Waals surface area (Å²) in [7, 11) is 0. The number of nitrogens with two attached hydrogens (primary N) is 1. The van der Waals surface area contributed by atoms with Crippen LogP contribution in [-0.2, 0) is 17.6 Å². The van der Waals surface area contributed by atoms with E-state index in [0.29, 0.717) is 16.3 Å². The molecule has 0 radical (unpaired) electrons. The topological polar surface area (TPSA) is 85.3 Å². The molecule has 0 fully saturated rings. The number of thiophene rings is 1. The number of anilines is 1. The summed E-state index contributed by atoms with van der Waals surface area (Å²) in [5.74, 6) is 0.472. The lowest BCUT2D eigenvalue weighted by Gasteiger charge is -2.11. The van der Waals surface area contributed by atoms with Crippen molar-refractivity contribution in [2.75, 3.05) is 5.32 Å². The van der Waals surface area contributed by atoms with E-state index < -0.39 is 5.91 Å². The van der Waals surface area contributed by atoms with E-state index >= 15 is 0 Å². The number of hydrogen-bond acceptors (Lipinski definition) is 4. The summed E-state index contributed by atoms with van der Waals surface area (Å²) < 4.78 is 6.78. The molecule has 7 heteroatoms. The van der Waals surface area contributed by atoms with Crippen LogP contribution in [0, 0.1) is 0 Å². The number of hydrogen-bond donors (Lipinski definition) is 2. The third kappa shape index (κ3) is 4.36. The molecule has 0 atom stereocenters. The first-order valence-electron chi connectivity index (χ1n) is 9.30. The highest BCUT2D eigenvalue weighted by Gasteiger charge is 2.24. The molecule has 0 bridgehead atoms. The van der Waals surface area contributed by atoms with E-state index in [1.165, 1.54) is 17.4 Å². The minimum absolute atomic E-state index is 0.326. The van der Waals surface area contributed by atoms with Gasteiger partial charge in [0.1, 0.15) is 16.5 Å². The first-order chi connectivity index (χ1) is 14.0. The summed E-state index contributed by atoms with van der Waals surface area (Å²) in [5, 5.41) is 3.35. The van der Waals surface area contributed by atoms with E-state index in [9.17, 15) is 9.59 Å². The summed E-state index contributed by atoms with van der Waals surface area (Å²) >= 11 is 4.86. The molecule has 3 N–H and O–H groups in total. The Labute approximate surface area is 180 Å². The molecule has 0 unspecified atom stereocenters. The van der Waals surface area contributed by atoms with Crippen LogP contribution >= 0.6 is 27.3 Å². The van der Waals surface area contributed by atoms with E-state index in [2.05, 4.69) is 21.2 Å². The Kier molecular flexibility index (Phi) is 5.69. The lowest BCUT2D eigenvalue weighted by Crippen LogP contribution is -2.17. The standard InChI is InChI=1S/C22H19BrN2O3S/c23-14-7-5-13(6-8-14)17-11-9-15(28-17)10-12-19(26)25-22-20(21(24)27)16-3-1-2-4-18(16)29-22/h5-12H,1-4H2,(H2,24,27)(H,25,26)/b12-10+. The Morgan fingerprint density at radius 3 is 2.62 bits per heavy atom. The number of aryl methyl sites for hydroxylation is 1. The molecule has 0 saturated carbocycles. The van der Waals surface area contributed by atoms with Crippen LogP contribution in [-0.4, -0.2) is 11.8 Å². The van der Waals surface area contributed by atoms with Crippen LogP contribution < -0.4 is 11.1 Å². The minimum Gasteiger partial charge on any atom is -0.457 e. The van der Waals surface area contributed by atoms with Crippen LogP contribution in [0.15, 0.2) is 51.4 Å². The molecule has 1 aliphatic carbocycles. The van der Waals surface area contributed by atoms with Crippen molar-refractivity contribution in [1.82, 2.24) is 0 Å². The zero-order valence-electron chi connectivity index (χ0n) is 15.5. The van der Waals surface area contributed by atoms with Crippen molar-refractivity contribution >= 4 is 50.2 Å². The molecule has 3 aromatic rings. The van der Waals surface area contributed by atoms with Gasteiger partial charge >= 0.3 is 0 Å². The van der Waals surface area contributed by atoms with Crippen LogP contribution in [0.2, 0.25) is 0 Å². The summed E-state index contributed by atoms with van der Waals surface area (Å²) in [5.41, 5.74) is 7.98. The second kappa shape index (κ2) is 8.39. The number of carbonyl (C=O) groups is 2. The third-order valence-electron chi connectivity index (χ3n) is 4.81. The van der Waals surface area contributed by atoms with Gasteiger partial charge in [-0.25, -0.2) is 0 Å². The average Bonchev–Trinajstić information content (AvgIpc) is 3.31. The van der Waals surface area contributed by atoms with Gasteiger partial charge in [-0.2, -0.15) is 0 Å². The molecule has 2 heterocycles. The first kappa shape index (κ1) is 19.7. The Balaban J connectivity index is 1.48. The second-order valence-electron chi connectivity index (χ2n) is 6.81. The fourth-order valence-corrected chi connectivity index (χ4v) is 5.00. The van der Waals surface area contributed by atoms with Crippen molar-refractivity contribution < 1.29 is 14.0 Å². The highest BCUT2D eigenvalue weighted by atomic mass is 79.9. The molecule has 2 amide bonds. The maximum atomic E-state index is 12.4. The Morgan fingerprint density at radius 2 is 1.86 bits per heavy atom. The number of furan rings is 1. The number of carbonyl (C=O) groups excluding carboxylic acids is 2. The smallest absolute Gasteiger partial charge is 0.251 e. The number of primary amides is 1. The summed E-state index contributed by atoms with van der Waals surface area (Å²) in [4.78, 5) is 25.5. The summed E-state index contributed by atoms with van der Waals surface area (Å²) in [6, 6.07) is 11.5. The molecule has 1 aromatic carbocycles. The molecule has 2 aromatic heterocycles. The highest BCUT2D eigenvalue weighted by Crippen LogP contribution is 2.37. The predicted molar refractivity (Wildman–Crippen MR) is 119 cm³/mol. The minimum atomic E-state index is -0.492. The van der Waals surface area contributed by atoms with Gasteiger partial charge < -0.3 is 15.5 Å². The van der Waals surface area contributed by atoms with E-state index in [4.69, 9.17) is 10.2 Å². The van der Waals surface area contributed by atoms with Crippen LogP contribution in [0.25, 0.3) is 17.4 Å². The van der Waals surface area contributed by atoms with Crippen molar-refractivity contribution in [3.8, 4) is 11.3 Å². The molecule has 4 rings (SSSR count). The number of benzene rings is 1. The SMILES string of the molecule is NC(=O)c1c(NC(=O)/C=C/c2ccc(-c3ccc(Br)cc3)o2)sc2c1CCCC2. The van der Waals surface area contributed by atoms with Crippen molar-refractivity contribution in [3.63, 3.8) is 0 Å². The van der Waals surface area contributed by atoms with Crippen LogP contribution in [0.1, 0.15) is 39.4 Å². The molecular weight excluding hydrogens is 452 g/mol. The van der Waals surface area contributed by atoms with Gasteiger partial charge in [0.15, 0.2) is 0 Å². The normalized spacial score (nSPS) is 13.4. The molecule has 29 heavy (non-hydrogen) atoms. The Bertz CT molecular complexity index is 1100. The third-order valence-corrected chi connectivity index (χ3v) is 6.54. The van der Waals surface area contributed by atoms with Crippen LogP contribution in [0.4, 0.5) is 5.00 Å². The van der Waals surface area contributed by atoms with Gasteiger partial charge in [0.25, 0.3) is 5.91 Å². The molecule has 0 aliphatic heterocycles. The number of rotatable bonds is 5. The lowest BCUT2D eigenvalue weighted by atomic mass is 9.95. The van der Waals surface area contributed by atoms with E-state index in [-0.39, 0.29) is 5.91 Å². The molecule has 148 valence electrons. The number of amides is 2.